The summed E-state index contributed by atoms with van der Waals surface area (Å²) < 4.78 is 6.88. The van der Waals surface area contributed by atoms with Gasteiger partial charge in [-0.15, -0.1) is 0 Å². The van der Waals surface area contributed by atoms with Gasteiger partial charge in [0.05, 0.1) is 17.0 Å². The van der Waals surface area contributed by atoms with Crippen molar-refractivity contribution >= 4 is 34.2 Å². The van der Waals surface area contributed by atoms with Gasteiger partial charge in [-0.1, -0.05) is 22.8 Å². The molecule has 1 atom stereocenters. The van der Waals surface area contributed by atoms with E-state index in [-0.39, 0.29) is 18.2 Å². The van der Waals surface area contributed by atoms with E-state index in [1.165, 1.54) is 4.57 Å². The molecular weight excluding hydrogens is 434 g/mol. The largest absolute Gasteiger partial charge is 0.339 e. The smallest absolute Gasteiger partial charge is 0.316 e. The number of aromatic nitrogens is 4. The summed E-state index contributed by atoms with van der Waals surface area (Å²) in [5, 5.41) is 4.62. The van der Waals surface area contributed by atoms with Gasteiger partial charge in [-0.3, -0.25) is 14.4 Å². The standard InChI is InChI=1S/C22H18ClN5O4/c1-2-27-17-7-6-12(8-16(17)24-20(30)22(27)31)19-25-21(32-26-19)13-9-18(29)28(11-13)15-5-3-4-14(23)10-15/h3-8,10,13H,2,9,11H2,1H3,(H,24,30). The number of nitrogens with zero attached hydrogens (tertiary/aromatic N) is 4. The number of anilines is 1. The average Bonchev–Trinajstić information content (AvgIpc) is 3.41. The fraction of sp³-hybridized carbons (Fsp3) is 0.227. The Hall–Kier alpha value is -3.72. The van der Waals surface area contributed by atoms with Crippen molar-refractivity contribution in [2.75, 3.05) is 11.4 Å². The third-order valence-corrected chi connectivity index (χ3v) is 5.82. The fourth-order valence-corrected chi connectivity index (χ4v) is 4.20. The van der Waals surface area contributed by atoms with Crippen LogP contribution in [-0.4, -0.2) is 32.1 Å². The van der Waals surface area contributed by atoms with Crippen LogP contribution in [0.2, 0.25) is 5.02 Å². The molecule has 0 spiro atoms. The van der Waals surface area contributed by atoms with E-state index in [0.29, 0.717) is 46.4 Å². The molecule has 5 rings (SSSR count). The molecule has 162 valence electrons. The molecule has 10 heteroatoms. The van der Waals surface area contributed by atoms with Crippen LogP contribution in [0.4, 0.5) is 5.69 Å². The van der Waals surface area contributed by atoms with Gasteiger partial charge < -0.3 is 19.0 Å². The van der Waals surface area contributed by atoms with Crippen molar-refractivity contribution in [3.8, 4) is 11.4 Å². The summed E-state index contributed by atoms with van der Waals surface area (Å²) >= 11 is 6.05. The molecule has 1 N–H and O–H groups in total. The minimum Gasteiger partial charge on any atom is -0.339 e. The molecule has 0 aliphatic carbocycles. The third kappa shape index (κ3) is 3.40. The van der Waals surface area contributed by atoms with Crippen LogP contribution in [-0.2, 0) is 11.3 Å². The molecule has 4 aromatic rings. The Labute approximate surface area is 186 Å². The summed E-state index contributed by atoms with van der Waals surface area (Å²) in [6.07, 6.45) is 0.252. The number of benzene rings is 2. The molecule has 1 unspecified atom stereocenters. The van der Waals surface area contributed by atoms with Gasteiger partial charge in [-0.05, 0) is 43.3 Å². The lowest BCUT2D eigenvalue weighted by Gasteiger charge is -2.16. The Morgan fingerprint density at radius 3 is 2.81 bits per heavy atom. The van der Waals surface area contributed by atoms with Crippen molar-refractivity contribution in [1.82, 2.24) is 19.7 Å². The minimum absolute atomic E-state index is 0.0437. The highest BCUT2D eigenvalue weighted by atomic mass is 35.5. The van der Waals surface area contributed by atoms with Gasteiger partial charge in [0.25, 0.3) is 0 Å². The van der Waals surface area contributed by atoms with E-state index < -0.39 is 11.1 Å². The van der Waals surface area contributed by atoms with Gasteiger partial charge in [-0.25, -0.2) is 0 Å². The number of carbonyl (C=O) groups excluding carboxylic acids is 1. The van der Waals surface area contributed by atoms with Crippen LogP contribution >= 0.6 is 11.6 Å². The molecular formula is C22H18ClN5O4. The van der Waals surface area contributed by atoms with E-state index in [0.717, 1.165) is 5.69 Å². The fourth-order valence-electron chi connectivity index (χ4n) is 4.02. The van der Waals surface area contributed by atoms with Gasteiger partial charge in [0.1, 0.15) is 0 Å². The molecule has 0 radical (unpaired) electrons. The van der Waals surface area contributed by atoms with Crippen LogP contribution < -0.4 is 16.0 Å². The number of hydrogen-bond donors (Lipinski definition) is 1. The SMILES string of the molecule is CCn1c(=O)c(=O)[nH]c2cc(-c3noc(C4CC(=O)N(c5cccc(Cl)c5)C4)n3)ccc21. The molecule has 32 heavy (non-hydrogen) atoms. The lowest BCUT2D eigenvalue weighted by Crippen LogP contribution is -2.35. The number of aromatic amines is 1. The van der Waals surface area contributed by atoms with Crippen LogP contribution in [0, 0.1) is 0 Å². The number of halogens is 1. The minimum atomic E-state index is -0.684. The maximum atomic E-state index is 12.5. The predicted molar refractivity (Wildman–Crippen MR) is 119 cm³/mol. The van der Waals surface area contributed by atoms with Crippen molar-refractivity contribution in [3.63, 3.8) is 0 Å². The Bertz CT molecular complexity index is 1470. The first kappa shape index (κ1) is 20.2. The maximum Gasteiger partial charge on any atom is 0.316 e. The molecule has 1 saturated heterocycles. The lowest BCUT2D eigenvalue weighted by atomic mass is 10.1. The van der Waals surface area contributed by atoms with Crippen molar-refractivity contribution in [2.24, 2.45) is 0 Å². The first-order chi connectivity index (χ1) is 15.4. The second-order valence-corrected chi connectivity index (χ2v) is 8.01. The molecule has 1 aliphatic heterocycles. The van der Waals surface area contributed by atoms with Gasteiger partial charge in [-0.2, -0.15) is 4.98 Å². The number of rotatable bonds is 4. The second kappa shape index (κ2) is 7.76. The zero-order valence-electron chi connectivity index (χ0n) is 17.0. The van der Waals surface area contributed by atoms with E-state index in [1.54, 1.807) is 48.2 Å². The van der Waals surface area contributed by atoms with Crippen molar-refractivity contribution < 1.29 is 9.32 Å². The molecule has 1 amide bonds. The Balaban J connectivity index is 1.44. The first-order valence-corrected chi connectivity index (χ1v) is 10.5. The highest BCUT2D eigenvalue weighted by Gasteiger charge is 2.35. The number of H-pyrrole nitrogens is 1. The van der Waals surface area contributed by atoms with Crippen molar-refractivity contribution in [1.29, 1.82) is 0 Å². The number of aryl methyl sites for hydroxylation is 1. The quantitative estimate of drug-likeness (QED) is 0.477. The van der Waals surface area contributed by atoms with Crippen LogP contribution in [0.15, 0.2) is 56.6 Å². The normalized spacial score (nSPS) is 16.2. The summed E-state index contributed by atoms with van der Waals surface area (Å²) in [4.78, 5) is 45.3. The number of fused-ring (bicyclic) bond motifs is 1. The Morgan fingerprint density at radius 2 is 2.03 bits per heavy atom. The zero-order valence-corrected chi connectivity index (χ0v) is 17.8. The predicted octanol–water partition coefficient (Wildman–Crippen LogP) is 2.93. The van der Waals surface area contributed by atoms with Crippen molar-refractivity contribution in [3.05, 3.63) is 74.1 Å². The number of hydrogen-bond acceptors (Lipinski definition) is 6. The lowest BCUT2D eigenvalue weighted by molar-refractivity contribution is -0.117. The molecule has 0 saturated carbocycles. The average molecular weight is 452 g/mol. The van der Waals surface area contributed by atoms with Gasteiger partial charge >= 0.3 is 11.1 Å². The summed E-state index contributed by atoms with van der Waals surface area (Å²) in [6, 6.07) is 12.3. The van der Waals surface area contributed by atoms with Crippen molar-refractivity contribution in [2.45, 2.75) is 25.8 Å². The van der Waals surface area contributed by atoms with Crippen LogP contribution in [0.1, 0.15) is 25.2 Å². The van der Waals surface area contributed by atoms with E-state index in [1.807, 2.05) is 6.07 Å². The van der Waals surface area contributed by atoms with E-state index in [9.17, 15) is 14.4 Å². The highest BCUT2D eigenvalue weighted by Crippen LogP contribution is 2.33. The van der Waals surface area contributed by atoms with E-state index in [2.05, 4.69) is 15.1 Å². The van der Waals surface area contributed by atoms with E-state index >= 15 is 0 Å². The van der Waals surface area contributed by atoms with Gasteiger partial charge in [0.15, 0.2) is 0 Å². The number of amides is 1. The summed E-state index contributed by atoms with van der Waals surface area (Å²) in [6.45, 7) is 2.59. The van der Waals surface area contributed by atoms with Gasteiger partial charge in [0.2, 0.25) is 17.6 Å². The molecule has 3 heterocycles. The van der Waals surface area contributed by atoms with Crippen LogP contribution in [0.3, 0.4) is 0 Å². The number of nitrogens with one attached hydrogen (secondary N) is 1. The highest BCUT2D eigenvalue weighted by molar-refractivity contribution is 6.30. The first-order valence-electron chi connectivity index (χ1n) is 10.1. The third-order valence-electron chi connectivity index (χ3n) is 5.59. The molecule has 1 fully saturated rings. The molecule has 2 aromatic heterocycles. The van der Waals surface area contributed by atoms with Gasteiger partial charge in [0, 0.05) is 35.8 Å². The Morgan fingerprint density at radius 1 is 1.19 bits per heavy atom. The van der Waals surface area contributed by atoms with E-state index in [4.69, 9.17) is 16.1 Å². The topological polar surface area (TPSA) is 114 Å². The second-order valence-electron chi connectivity index (χ2n) is 7.58. The molecule has 1 aliphatic rings. The molecule has 9 nitrogen and oxygen atoms in total. The molecule has 2 aromatic carbocycles. The van der Waals surface area contributed by atoms with Crippen LogP contribution in [0.25, 0.3) is 22.4 Å². The summed E-state index contributed by atoms with van der Waals surface area (Å²) in [5.41, 5.74) is 1.19. The Kier molecular flexibility index (Phi) is 4.90. The summed E-state index contributed by atoms with van der Waals surface area (Å²) in [5.74, 6) is 0.418. The van der Waals surface area contributed by atoms with Crippen LogP contribution in [0.5, 0.6) is 0 Å². The zero-order chi connectivity index (χ0) is 22.4. The number of carbonyl (C=O) groups is 1. The molecule has 0 bridgehead atoms. The monoisotopic (exact) mass is 451 g/mol. The maximum absolute atomic E-state index is 12.5. The summed E-state index contributed by atoms with van der Waals surface area (Å²) in [7, 11) is 0.